The highest BCUT2D eigenvalue weighted by Gasteiger charge is 2.28. The number of aryl methyl sites for hydroxylation is 1. The summed E-state index contributed by atoms with van der Waals surface area (Å²) in [4.78, 5) is 27.3. The van der Waals surface area contributed by atoms with Crippen molar-refractivity contribution < 1.29 is 9.59 Å². The number of nitrogens with zero attached hydrogens (tertiary/aromatic N) is 1. The Labute approximate surface area is 184 Å². The number of likely N-dealkylation sites (tertiary alicyclic amines) is 1. The summed E-state index contributed by atoms with van der Waals surface area (Å²) in [5.41, 5.74) is 3.59. The molecule has 0 spiro atoms. The molecule has 1 saturated heterocycles. The van der Waals surface area contributed by atoms with Gasteiger partial charge < -0.3 is 10.2 Å². The largest absolute Gasteiger partial charge is 0.353 e. The van der Waals surface area contributed by atoms with Crippen molar-refractivity contribution in [2.24, 2.45) is 0 Å². The number of piperidine rings is 1. The minimum absolute atomic E-state index is 0.0737. The number of carbonyl (C=O) groups is 2. The van der Waals surface area contributed by atoms with Crippen molar-refractivity contribution in [3.05, 3.63) is 71.3 Å². The highest BCUT2D eigenvalue weighted by Crippen LogP contribution is 2.24. The summed E-state index contributed by atoms with van der Waals surface area (Å²) >= 11 is 1.65. The van der Waals surface area contributed by atoms with Crippen molar-refractivity contribution in [1.29, 1.82) is 0 Å². The third-order valence-electron chi connectivity index (χ3n) is 5.66. The molecule has 4 nitrogen and oxygen atoms in total. The van der Waals surface area contributed by atoms with E-state index in [1.807, 2.05) is 35.2 Å². The van der Waals surface area contributed by atoms with Crippen molar-refractivity contribution in [3.63, 3.8) is 0 Å². The van der Waals surface area contributed by atoms with E-state index in [4.69, 9.17) is 0 Å². The van der Waals surface area contributed by atoms with Gasteiger partial charge in [0.2, 0.25) is 11.8 Å². The van der Waals surface area contributed by atoms with Crippen molar-refractivity contribution in [3.8, 4) is 0 Å². The second-order valence-electron chi connectivity index (χ2n) is 8.02. The van der Waals surface area contributed by atoms with E-state index in [-0.39, 0.29) is 23.8 Å². The van der Waals surface area contributed by atoms with Gasteiger partial charge in [-0.15, -0.1) is 11.8 Å². The molecule has 0 radical (unpaired) electrons. The Morgan fingerprint density at radius 3 is 2.50 bits per heavy atom. The van der Waals surface area contributed by atoms with Gasteiger partial charge in [0.25, 0.3) is 0 Å². The van der Waals surface area contributed by atoms with Crippen LogP contribution in [-0.4, -0.2) is 41.6 Å². The molecule has 1 aliphatic heterocycles. The van der Waals surface area contributed by atoms with Gasteiger partial charge in [0.05, 0.1) is 11.7 Å². The molecule has 2 aromatic rings. The fourth-order valence-electron chi connectivity index (χ4n) is 4.04. The van der Waals surface area contributed by atoms with Crippen LogP contribution in [0.15, 0.2) is 54.6 Å². The zero-order valence-electron chi connectivity index (χ0n) is 18.0. The van der Waals surface area contributed by atoms with Crippen LogP contribution in [-0.2, 0) is 15.3 Å². The van der Waals surface area contributed by atoms with Crippen molar-refractivity contribution >= 4 is 23.6 Å². The molecule has 1 unspecified atom stereocenters. The number of amides is 2. The molecular weight excluding hydrogens is 392 g/mol. The Morgan fingerprint density at radius 1 is 1.10 bits per heavy atom. The standard InChI is InChI=1S/C25H32N2O2S/c1-3-23(21-10-5-4-6-11-21)25(29)27-14-12-22(13-15-27)26-24(28)18-30-17-20-9-7-8-19(2)16-20/h4-11,16,22-23H,3,12-15,17-18H2,1-2H3,(H,26,28). The summed E-state index contributed by atoms with van der Waals surface area (Å²) in [6, 6.07) is 18.6. The summed E-state index contributed by atoms with van der Waals surface area (Å²) in [5, 5.41) is 3.15. The van der Waals surface area contributed by atoms with Crippen LogP contribution in [0, 0.1) is 6.92 Å². The first-order chi connectivity index (χ1) is 14.6. The van der Waals surface area contributed by atoms with E-state index in [2.05, 4.69) is 43.4 Å². The van der Waals surface area contributed by atoms with Crippen LogP contribution in [0.1, 0.15) is 48.8 Å². The van der Waals surface area contributed by atoms with Gasteiger partial charge in [0, 0.05) is 24.9 Å². The highest BCUT2D eigenvalue weighted by atomic mass is 32.2. The maximum atomic E-state index is 13.0. The Hall–Kier alpha value is -2.27. The number of carbonyl (C=O) groups excluding carboxylic acids is 2. The molecule has 2 aromatic carbocycles. The van der Waals surface area contributed by atoms with Gasteiger partial charge in [0.15, 0.2) is 0 Å². The van der Waals surface area contributed by atoms with Crippen LogP contribution < -0.4 is 5.32 Å². The third-order valence-corrected chi connectivity index (χ3v) is 6.67. The van der Waals surface area contributed by atoms with Crippen molar-refractivity contribution in [1.82, 2.24) is 10.2 Å². The minimum atomic E-state index is -0.0737. The molecule has 30 heavy (non-hydrogen) atoms. The molecule has 0 saturated carbocycles. The number of hydrogen-bond donors (Lipinski definition) is 1. The van der Waals surface area contributed by atoms with E-state index in [1.54, 1.807) is 11.8 Å². The van der Waals surface area contributed by atoms with Gasteiger partial charge in [-0.2, -0.15) is 0 Å². The average Bonchev–Trinajstić information content (AvgIpc) is 2.75. The first kappa shape index (κ1) is 22.4. The monoisotopic (exact) mass is 424 g/mol. The van der Waals surface area contributed by atoms with E-state index in [0.717, 1.165) is 30.6 Å². The predicted octanol–water partition coefficient (Wildman–Crippen LogP) is 4.53. The molecule has 160 valence electrons. The maximum Gasteiger partial charge on any atom is 0.230 e. The lowest BCUT2D eigenvalue weighted by Crippen LogP contribution is -2.48. The molecule has 1 aliphatic rings. The topological polar surface area (TPSA) is 49.4 Å². The van der Waals surface area contributed by atoms with E-state index < -0.39 is 0 Å². The molecular formula is C25H32N2O2S. The predicted molar refractivity (Wildman–Crippen MR) is 125 cm³/mol. The normalized spacial score (nSPS) is 15.6. The third kappa shape index (κ3) is 6.36. The summed E-state index contributed by atoms with van der Waals surface area (Å²) in [6.45, 7) is 5.57. The first-order valence-electron chi connectivity index (χ1n) is 10.8. The molecule has 2 amide bonds. The number of nitrogens with one attached hydrogen (secondary N) is 1. The van der Waals surface area contributed by atoms with E-state index in [9.17, 15) is 9.59 Å². The van der Waals surface area contributed by atoms with E-state index >= 15 is 0 Å². The second kappa shape index (κ2) is 11.2. The van der Waals surface area contributed by atoms with Crippen molar-refractivity contribution in [2.75, 3.05) is 18.8 Å². The Morgan fingerprint density at radius 2 is 1.83 bits per heavy atom. The summed E-state index contributed by atoms with van der Waals surface area (Å²) in [5.74, 6) is 1.55. The molecule has 0 bridgehead atoms. The van der Waals surface area contributed by atoms with Crippen LogP contribution in [0.25, 0.3) is 0 Å². The molecule has 5 heteroatoms. The van der Waals surface area contributed by atoms with Crippen LogP contribution in [0.5, 0.6) is 0 Å². The Kier molecular flexibility index (Phi) is 8.38. The van der Waals surface area contributed by atoms with Gasteiger partial charge in [-0.25, -0.2) is 0 Å². The minimum Gasteiger partial charge on any atom is -0.353 e. The van der Waals surface area contributed by atoms with Gasteiger partial charge in [0.1, 0.15) is 0 Å². The van der Waals surface area contributed by atoms with E-state index in [1.165, 1.54) is 11.1 Å². The Bertz CT molecular complexity index is 832. The summed E-state index contributed by atoms with van der Waals surface area (Å²) < 4.78 is 0. The number of rotatable bonds is 8. The highest BCUT2D eigenvalue weighted by molar-refractivity contribution is 7.99. The van der Waals surface area contributed by atoms with Gasteiger partial charge in [-0.05, 0) is 37.3 Å². The summed E-state index contributed by atoms with van der Waals surface area (Å²) in [6.07, 6.45) is 2.45. The first-order valence-corrected chi connectivity index (χ1v) is 12.0. The fraction of sp³-hybridized carbons (Fsp3) is 0.440. The maximum absolute atomic E-state index is 13.0. The molecule has 1 N–H and O–H groups in total. The second-order valence-corrected chi connectivity index (χ2v) is 9.01. The zero-order valence-corrected chi connectivity index (χ0v) is 18.8. The quantitative estimate of drug-likeness (QED) is 0.677. The molecule has 1 atom stereocenters. The molecule has 1 heterocycles. The average molecular weight is 425 g/mol. The van der Waals surface area contributed by atoms with Crippen LogP contribution in [0.2, 0.25) is 0 Å². The number of benzene rings is 2. The smallest absolute Gasteiger partial charge is 0.230 e. The van der Waals surface area contributed by atoms with E-state index in [0.29, 0.717) is 18.8 Å². The molecule has 3 rings (SSSR count). The lowest BCUT2D eigenvalue weighted by molar-refractivity contribution is -0.134. The van der Waals surface area contributed by atoms with Gasteiger partial charge >= 0.3 is 0 Å². The molecule has 0 aliphatic carbocycles. The molecule has 1 fully saturated rings. The fourth-order valence-corrected chi connectivity index (χ4v) is 4.82. The number of thioether (sulfide) groups is 1. The lowest BCUT2D eigenvalue weighted by atomic mass is 9.93. The zero-order chi connectivity index (χ0) is 21.3. The lowest BCUT2D eigenvalue weighted by Gasteiger charge is -2.34. The summed E-state index contributed by atoms with van der Waals surface area (Å²) in [7, 11) is 0. The molecule has 0 aromatic heterocycles. The SMILES string of the molecule is CCC(C(=O)N1CCC(NC(=O)CSCc2cccc(C)c2)CC1)c1ccccc1. The van der Waals surface area contributed by atoms with Crippen molar-refractivity contribution in [2.45, 2.75) is 50.8 Å². The van der Waals surface area contributed by atoms with Gasteiger partial charge in [-0.3, -0.25) is 9.59 Å². The van der Waals surface area contributed by atoms with Gasteiger partial charge in [-0.1, -0.05) is 67.1 Å². The van der Waals surface area contributed by atoms with Crippen LogP contribution in [0.4, 0.5) is 0 Å². The van der Waals surface area contributed by atoms with Crippen LogP contribution in [0.3, 0.4) is 0 Å². The van der Waals surface area contributed by atoms with Crippen LogP contribution >= 0.6 is 11.8 Å². The Balaban J connectivity index is 1.40. The number of hydrogen-bond acceptors (Lipinski definition) is 3.